The van der Waals surface area contributed by atoms with Gasteiger partial charge in [-0.15, -0.1) is 0 Å². The Morgan fingerprint density at radius 1 is 0.905 bits per heavy atom. The van der Waals surface area contributed by atoms with Gasteiger partial charge in [0.2, 0.25) is 0 Å². The monoisotopic (exact) mass is 287 g/mol. The first-order valence-corrected chi connectivity index (χ1v) is 6.29. The van der Waals surface area contributed by atoms with Crippen molar-refractivity contribution < 1.29 is 18.2 Å². The van der Waals surface area contributed by atoms with Crippen LogP contribution >= 0.6 is 0 Å². The van der Waals surface area contributed by atoms with E-state index >= 15 is 0 Å². The van der Waals surface area contributed by atoms with Crippen LogP contribution in [0.5, 0.6) is 0 Å². The van der Waals surface area contributed by atoms with Gasteiger partial charge in [0, 0.05) is 11.1 Å². The maximum absolute atomic E-state index is 12.0. The Balaban J connectivity index is 0.000000677. The van der Waals surface area contributed by atoms with Crippen molar-refractivity contribution in [2.45, 2.75) is 13.3 Å². The molecule has 107 valence electrons. The molecule has 0 aliphatic heterocycles. The Morgan fingerprint density at radius 2 is 1.43 bits per heavy atom. The van der Waals surface area contributed by atoms with Crippen LogP contribution in [0.4, 0.5) is 8.63 Å². The van der Waals surface area contributed by atoms with Crippen molar-refractivity contribution in [1.82, 2.24) is 0 Å². The quantitative estimate of drug-likeness (QED) is 0.485. The minimum Gasteiger partial charge on any atom is -0.294 e. The van der Waals surface area contributed by atoms with Crippen LogP contribution < -0.4 is 0 Å². The van der Waals surface area contributed by atoms with E-state index in [9.17, 15) is 18.2 Å². The summed E-state index contributed by atoms with van der Waals surface area (Å²) in [5.41, 5.74) is 2.12. The van der Waals surface area contributed by atoms with E-state index in [2.05, 4.69) is 0 Å². The lowest BCUT2D eigenvalue weighted by molar-refractivity contribution is 0.0894. The molecule has 0 heterocycles. The molecule has 0 saturated carbocycles. The third-order valence-electron chi connectivity index (χ3n) is 2.86. The molecular weight excluding hydrogens is 273 g/mol. The minimum absolute atomic E-state index is 0.0745. The summed E-state index contributed by atoms with van der Waals surface area (Å²) in [6.45, 7) is 1.88. The average molecular weight is 287 g/mol. The van der Waals surface area contributed by atoms with Gasteiger partial charge in [-0.25, -0.2) is 0 Å². The third-order valence-corrected chi connectivity index (χ3v) is 2.86. The number of hydrogen-bond acceptors (Lipinski definition) is 2. The molecule has 2 aromatic rings. The highest BCUT2D eigenvalue weighted by Crippen LogP contribution is 2.12. The molecule has 0 spiro atoms. The van der Waals surface area contributed by atoms with Crippen molar-refractivity contribution in [1.29, 1.82) is 0 Å². The molecular formula is C16H14BF2O2. The molecule has 0 unspecified atom stereocenters. The van der Waals surface area contributed by atoms with Crippen molar-refractivity contribution in [3.63, 3.8) is 0 Å². The van der Waals surface area contributed by atoms with Crippen LogP contribution in [0.3, 0.4) is 0 Å². The maximum Gasteiger partial charge on any atom is 0.577 e. The van der Waals surface area contributed by atoms with Crippen molar-refractivity contribution >= 4 is 19.4 Å². The molecule has 0 aromatic heterocycles. The second-order valence-corrected chi connectivity index (χ2v) is 4.29. The molecule has 0 bridgehead atoms. The summed E-state index contributed by atoms with van der Waals surface area (Å²) in [6.07, 6.45) is -0.0745. The number of ketones is 2. The number of Topliss-reactive ketones (excluding diaryl/α,β-unsaturated/α-hetero) is 2. The number of rotatable bonds is 4. The highest BCUT2D eigenvalue weighted by molar-refractivity contribution is 6.15. The van der Waals surface area contributed by atoms with Gasteiger partial charge >= 0.3 is 7.83 Å². The molecule has 2 nitrogen and oxygen atoms in total. The summed E-state index contributed by atoms with van der Waals surface area (Å²) in [5, 5.41) is 0. The summed E-state index contributed by atoms with van der Waals surface area (Å²) in [7, 11) is -1.00. The Kier molecular flexibility index (Phi) is 7.02. The van der Waals surface area contributed by atoms with Crippen LogP contribution in [-0.4, -0.2) is 19.4 Å². The summed E-state index contributed by atoms with van der Waals surface area (Å²) < 4.78 is 19.0. The van der Waals surface area contributed by atoms with E-state index in [1.807, 2.05) is 31.2 Å². The summed E-state index contributed by atoms with van der Waals surface area (Å²) in [4.78, 5) is 23.9. The zero-order valence-corrected chi connectivity index (χ0v) is 11.6. The van der Waals surface area contributed by atoms with Crippen LogP contribution in [0, 0.1) is 6.92 Å². The van der Waals surface area contributed by atoms with Gasteiger partial charge in [-0.1, -0.05) is 54.6 Å². The number of aryl methyl sites for hydroxylation is 1. The molecule has 21 heavy (non-hydrogen) atoms. The fraction of sp³-hybridized carbons (Fsp3) is 0.125. The normalized spacial score (nSPS) is 9.29. The highest BCUT2D eigenvalue weighted by Gasteiger charge is 2.14. The molecule has 0 aliphatic rings. The molecule has 2 aromatic carbocycles. The van der Waals surface area contributed by atoms with E-state index < -0.39 is 7.83 Å². The number of carbonyl (C=O) groups excluding carboxylic acids is 2. The van der Waals surface area contributed by atoms with Crippen molar-refractivity contribution in [3.05, 3.63) is 71.3 Å². The zero-order chi connectivity index (χ0) is 15.7. The van der Waals surface area contributed by atoms with Gasteiger partial charge in [-0.3, -0.25) is 18.2 Å². The predicted octanol–water partition coefficient (Wildman–Crippen LogP) is 3.91. The van der Waals surface area contributed by atoms with Crippen LogP contribution in [0.2, 0.25) is 0 Å². The number of benzene rings is 2. The molecule has 0 aliphatic carbocycles. The van der Waals surface area contributed by atoms with Crippen molar-refractivity contribution in [2.24, 2.45) is 0 Å². The van der Waals surface area contributed by atoms with E-state index in [0.29, 0.717) is 11.1 Å². The Bertz CT molecular complexity index is 600. The number of halogens is 2. The maximum atomic E-state index is 12.0. The SMILES string of the molecule is Cc1ccccc1C(=O)CC(=O)c1ccccc1.F[B]F. The molecule has 0 fully saturated rings. The first kappa shape index (κ1) is 16.8. The average Bonchev–Trinajstić information content (AvgIpc) is 2.49. The van der Waals surface area contributed by atoms with Gasteiger partial charge in [0.1, 0.15) is 0 Å². The van der Waals surface area contributed by atoms with E-state index in [0.717, 1.165) is 5.56 Å². The van der Waals surface area contributed by atoms with Gasteiger partial charge in [0.15, 0.2) is 11.6 Å². The Hall–Kier alpha value is -2.30. The van der Waals surface area contributed by atoms with Crippen molar-refractivity contribution in [3.8, 4) is 0 Å². The van der Waals surface area contributed by atoms with E-state index in [1.54, 1.807) is 30.3 Å². The van der Waals surface area contributed by atoms with Crippen molar-refractivity contribution in [2.75, 3.05) is 0 Å². The molecule has 0 saturated heterocycles. The first-order valence-electron chi connectivity index (χ1n) is 6.29. The topological polar surface area (TPSA) is 34.1 Å². The largest absolute Gasteiger partial charge is 0.577 e. The minimum atomic E-state index is -1.00. The Labute approximate surface area is 123 Å². The van der Waals surface area contributed by atoms with Crippen LogP contribution in [0.15, 0.2) is 54.6 Å². The lowest BCUT2D eigenvalue weighted by Crippen LogP contribution is -2.09. The molecule has 5 heteroatoms. The fourth-order valence-corrected chi connectivity index (χ4v) is 1.85. The summed E-state index contributed by atoms with van der Waals surface area (Å²) >= 11 is 0. The summed E-state index contributed by atoms with van der Waals surface area (Å²) in [5.74, 6) is -0.259. The van der Waals surface area contributed by atoms with Gasteiger partial charge in [-0.2, -0.15) is 0 Å². The van der Waals surface area contributed by atoms with E-state index in [1.165, 1.54) is 0 Å². The number of carbonyl (C=O) groups is 2. The molecule has 0 N–H and O–H groups in total. The standard InChI is InChI=1S/C16H14O2.BF2/c1-12-7-5-6-10-14(12)16(18)11-15(17)13-8-3-2-4-9-13;2-1-3/h2-10H,11H2,1H3;. The first-order chi connectivity index (χ1) is 10.1. The summed E-state index contributed by atoms with van der Waals surface area (Å²) in [6, 6.07) is 16.2. The van der Waals surface area contributed by atoms with Gasteiger partial charge in [0.05, 0.1) is 6.42 Å². The second-order valence-electron chi connectivity index (χ2n) is 4.29. The molecule has 0 amide bonds. The van der Waals surface area contributed by atoms with Crippen LogP contribution in [0.25, 0.3) is 0 Å². The molecule has 0 atom stereocenters. The van der Waals surface area contributed by atoms with Crippen LogP contribution in [0.1, 0.15) is 32.7 Å². The molecule has 2 rings (SSSR count). The van der Waals surface area contributed by atoms with E-state index in [4.69, 9.17) is 0 Å². The zero-order valence-electron chi connectivity index (χ0n) is 11.6. The van der Waals surface area contributed by atoms with Crippen LogP contribution in [-0.2, 0) is 0 Å². The van der Waals surface area contributed by atoms with E-state index in [-0.39, 0.29) is 18.0 Å². The van der Waals surface area contributed by atoms with Gasteiger partial charge in [0.25, 0.3) is 0 Å². The second kappa shape index (κ2) is 8.79. The lowest BCUT2D eigenvalue weighted by atomic mass is 9.98. The highest BCUT2D eigenvalue weighted by atomic mass is 19.2. The fourth-order valence-electron chi connectivity index (χ4n) is 1.85. The third kappa shape index (κ3) is 5.30. The molecule has 1 radical (unpaired) electrons. The number of hydrogen-bond donors (Lipinski definition) is 0. The smallest absolute Gasteiger partial charge is 0.294 e. The lowest BCUT2D eigenvalue weighted by Gasteiger charge is -2.04. The van der Waals surface area contributed by atoms with Gasteiger partial charge in [-0.05, 0) is 12.5 Å². The van der Waals surface area contributed by atoms with Gasteiger partial charge < -0.3 is 0 Å². The predicted molar refractivity (Wildman–Crippen MR) is 78.9 cm³/mol. The Morgan fingerprint density at radius 3 is 2.00 bits per heavy atom.